The number of aryl methyl sites for hydroxylation is 1. The van der Waals surface area contributed by atoms with Gasteiger partial charge in [-0.05, 0) is 67.9 Å². The van der Waals surface area contributed by atoms with E-state index in [9.17, 15) is 14.7 Å². The van der Waals surface area contributed by atoms with Crippen LogP contribution in [-0.4, -0.2) is 105 Å². The lowest BCUT2D eigenvalue weighted by Gasteiger charge is -2.30. The Kier molecular flexibility index (Phi) is 11.9. The summed E-state index contributed by atoms with van der Waals surface area (Å²) in [6, 6.07) is 13.4. The first-order valence-corrected chi connectivity index (χ1v) is 16.2. The molecule has 1 fully saturated rings. The second-order valence-electron chi connectivity index (χ2n) is 13.2. The average molecular weight is 611 g/mol. The Balaban J connectivity index is 1.53. The third-order valence-corrected chi connectivity index (χ3v) is 8.98. The Morgan fingerprint density at radius 1 is 1.02 bits per heavy atom. The topological polar surface area (TPSA) is 88.5 Å². The van der Waals surface area contributed by atoms with E-state index in [1.165, 1.54) is 0 Å². The van der Waals surface area contributed by atoms with Crippen LogP contribution in [0.15, 0.2) is 42.5 Å². The van der Waals surface area contributed by atoms with Crippen LogP contribution in [0.5, 0.6) is 17.2 Å². The number of carbonyl (C=O) groups excluding carboxylic acids is 1. The van der Waals surface area contributed by atoms with Gasteiger partial charge in [0.15, 0.2) is 11.5 Å². The summed E-state index contributed by atoms with van der Waals surface area (Å²) in [6.45, 7) is 5.58. The maximum absolute atomic E-state index is 13.9. The number of amides is 1. The van der Waals surface area contributed by atoms with Crippen molar-refractivity contribution in [2.45, 2.75) is 63.8 Å². The molecule has 3 atom stereocenters. The molecule has 1 amide bonds. The normalized spacial score (nSPS) is 19.7. The summed E-state index contributed by atoms with van der Waals surface area (Å²) in [6.07, 6.45) is 6.23. The number of carbonyl (C=O) groups is 2. The molecule has 0 bridgehead atoms. The Hall–Kier alpha value is -3.30. The predicted octanol–water partition coefficient (Wildman–Crippen LogP) is 5.03. The van der Waals surface area contributed by atoms with Gasteiger partial charge in [0, 0.05) is 31.6 Å². The van der Waals surface area contributed by atoms with Gasteiger partial charge >= 0.3 is 5.97 Å². The van der Waals surface area contributed by atoms with E-state index in [4.69, 9.17) is 14.2 Å². The minimum atomic E-state index is -0.826. The van der Waals surface area contributed by atoms with E-state index in [0.29, 0.717) is 24.5 Å². The Bertz CT molecular complexity index is 1250. The number of likely N-dealkylation sites (tertiary alicyclic amines) is 1. The van der Waals surface area contributed by atoms with Crippen LogP contribution in [0.2, 0.25) is 0 Å². The van der Waals surface area contributed by atoms with Gasteiger partial charge in [0.25, 0.3) is 0 Å². The number of aliphatic carboxylic acids is 1. The highest BCUT2D eigenvalue weighted by Crippen LogP contribution is 2.43. The number of para-hydroxylation sites is 1. The molecule has 1 N–H and O–H groups in total. The van der Waals surface area contributed by atoms with E-state index < -0.39 is 11.9 Å². The molecule has 0 spiro atoms. The monoisotopic (exact) mass is 610 g/mol. The van der Waals surface area contributed by atoms with Gasteiger partial charge < -0.3 is 28.7 Å². The molecule has 9 nitrogen and oxygen atoms in total. The first-order chi connectivity index (χ1) is 21.1. The van der Waals surface area contributed by atoms with Gasteiger partial charge in [0.2, 0.25) is 12.7 Å². The summed E-state index contributed by atoms with van der Waals surface area (Å²) in [5.41, 5.74) is 2.02. The number of hydrogen-bond donors (Lipinski definition) is 1. The maximum Gasteiger partial charge on any atom is 0.308 e. The van der Waals surface area contributed by atoms with Gasteiger partial charge in [0.05, 0.1) is 47.3 Å². The fourth-order valence-corrected chi connectivity index (χ4v) is 6.62. The zero-order chi connectivity index (χ0) is 31.7. The largest absolute Gasteiger partial charge is 0.496 e. The van der Waals surface area contributed by atoms with Crippen LogP contribution in [0.3, 0.4) is 0 Å². The number of carboxylic acids is 1. The van der Waals surface area contributed by atoms with Crippen molar-refractivity contribution in [1.29, 1.82) is 0 Å². The smallest absolute Gasteiger partial charge is 0.308 e. The molecule has 2 heterocycles. The number of benzene rings is 2. The van der Waals surface area contributed by atoms with E-state index in [1.54, 1.807) is 7.11 Å². The molecular weight excluding hydrogens is 558 g/mol. The first kappa shape index (κ1) is 33.6. The molecule has 0 saturated carbocycles. The summed E-state index contributed by atoms with van der Waals surface area (Å²) in [7, 11) is 8.25. The zero-order valence-corrected chi connectivity index (χ0v) is 27.3. The van der Waals surface area contributed by atoms with Crippen LogP contribution in [0.4, 0.5) is 0 Å². The van der Waals surface area contributed by atoms with E-state index in [2.05, 4.69) is 39.0 Å². The van der Waals surface area contributed by atoms with Crippen molar-refractivity contribution < 1.29 is 33.4 Å². The fraction of sp³-hybridized carbons (Fsp3) is 0.600. The van der Waals surface area contributed by atoms with Gasteiger partial charge in [-0.1, -0.05) is 37.6 Å². The fourth-order valence-electron chi connectivity index (χ4n) is 6.62. The Morgan fingerprint density at radius 2 is 1.77 bits per heavy atom. The number of methoxy groups -OCH3 is 1. The lowest BCUT2D eigenvalue weighted by molar-refractivity contribution is -0.870. The molecule has 4 rings (SSSR count). The minimum Gasteiger partial charge on any atom is -0.496 e. The van der Waals surface area contributed by atoms with Crippen LogP contribution in [0.25, 0.3) is 0 Å². The lowest BCUT2D eigenvalue weighted by Crippen LogP contribution is -2.45. The molecule has 2 aliphatic rings. The predicted molar refractivity (Wildman–Crippen MR) is 171 cm³/mol. The summed E-state index contributed by atoms with van der Waals surface area (Å²) >= 11 is 0. The summed E-state index contributed by atoms with van der Waals surface area (Å²) < 4.78 is 17.6. The zero-order valence-electron chi connectivity index (χ0n) is 27.3. The lowest BCUT2D eigenvalue weighted by atomic mass is 9.83. The standard InChI is InChI=1S/C35H51N3O6/c1-6-7-19-36(20-10-11-21-38(2,3)4)33(39)24-37-23-28(27-17-18-31-32(22-27)44-25-43-31)34(35(40)41)29(37)15-12-14-26-13-8-9-16-30(26)42-5/h8-9,13,16-18,22,28-29,34H,6-7,10-12,14-15,19-21,23-25H2,1-5H3/p+1/t28-,29+,34-/m1/s1. The van der Waals surface area contributed by atoms with Gasteiger partial charge in [-0.3, -0.25) is 14.5 Å². The average Bonchev–Trinajstić information content (AvgIpc) is 3.60. The second kappa shape index (κ2) is 15.6. The van der Waals surface area contributed by atoms with Crippen molar-refractivity contribution in [2.75, 3.05) is 67.8 Å². The quantitative estimate of drug-likeness (QED) is 0.199. The molecule has 0 aromatic heterocycles. The number of nitrogens with zero attached hydrogens (tertiary/aromatic N) is 3. The number of hydrogen-bond acceptors (Lipinski definition) is 6. The molecule has 2 aromatic carbocycles. The van der Waals surface area contributed by atoms with Gasteiger partial charge in [0.1, 0.15) is 5.75 Å². The van der Waals surface area contributed by atoms with Crippen molar-refractivity contribution >= 4 is 11.9 Å². The van der Waals surface area contributed by atoms with Crippen LogP contribution in [0.1, 0.15) is 62.5 Å². The number of ether oxygens (including phenoxy) is 3. The highest BCUT2D eigenvalue weighted by atomic mass is 16.7. The van der Waals surface area contributed by atoms with Crippen molar-refractivity contribution in [1.82, 2.24) is 9.80 Å². The molecule has 0 radical (unpaired) electrons. The molecule has 242 valence electrons. The van der Waals surface area contributed by atoms with Gasteiger partial charge in [-0.15, -0.1) is 0 Å². The third kappa shape index (κ3) is 8.88. The third-order valence-electron chi connectivity index (χ3n) is 8.98. The number of rotatable bonds is 17. The van der Waals surface area contributed by atoms with Crippen LogP contribution < -0.4 is 14.2 Å². The van der Waals surface area contributed by atoms with E-state index >= 15 is 0 Å². The number of carboxylic acid groups (broad SMARTS) is 1. The molecule has 0 aliphatic carbocycles. The first-order valence-electron chi connectivity index (χ1n) is 16.2. The second-order valence-corrected chi connectivity index (χ2v) is 13.2. The number of quaternary nitrogens is 1. The number of unbranched alkanes of at least 4 members (excludes halogenated alkanes) is 2. The Labute approximate surface area is 263 Å². The van der Waals surface area contributed by atoms with Gasteiger partial charge in [-0.2, -0.15) is 0 Å². The molecule has 1 saturated heterocycles. The molecule has 2 aromatic rings. The van der Waals surface area contributed by atoms with Gasteiger partial charge in [-0.25, -0.2) is 0 Å². The molecule has 2 aliphatic heterocycles. The van der Waals surface area contributed by atoms with Crippen molar-refractivity contribution in [3.05, 3.63) is 53.6 Å². The van der Waals surface area contributed by atoms with Crippen LogP contribution >= 0.6 is 0 Å². The molecule has 44 heavy (non-hydrogen) atoms. The van der Waals surface area contributed by atoms with Crippen LogP contribution in [0, 0.1) is 5.92 Å². The summed E-state index contributed by atoms with van der Waals surface area (Å²) in [5, 5.41) is 10.6. The highest BCUT2D eigenvalue weighted by Gasteiger charge is 2.47. The Morgan fingerprint density at radius 3 is 2.50 bits per heavy atom. The molecule has 9 heteroatoms. The maximum atomic E-state index is 13.9. The van der Waals surface area contributed by atoms with Crippen molar-refractivity contribution in [3.8, 4) is 17.2 Å². The van der Waals surface area contributed by atoms with Crippen LogP contribution in [-0.2, 0) is 16.0 Å². The number of fused-ring (bicyclic) bond motifs is 1. The van der Waals surface area contributed by atoms with E-state index in [-0.39, 0.29) is 31.2 Å². The summed E-state index contributed by atoms with van der Waals surface area (Å²) in [4.78, 5) is 31.0. The van der Waals surface area contributed by atoms with E-state index in [1.807, 2.05) is 41.3 Å². The molecule has 0 unspecified atom stereocenters. The highest BCUT2D eigenvalue weighted by molar-refractivity contribution is 5.79. The van der Waals surface area contributed by atoms with Crippen molar-refractivity contribution in [2.24, 2.45) is 5.92 Å². The summed E-state index contributed by atoms with van der Waals surface area (Å²) in [5.74, 6) is 0.524. The minimum absolute atomic E-state index is 0.0916. The molecular formula is C35H52N3O6+. The van der Waals surface area contributed by atoms with E-state index in [0.717, 1.165) is 79.5 Å². The van der Waals surface area contributed by atoms with Crippen molar-refractivity contribution in [3.63, 3.8) is 0 Å². The SMILES string of the molecule is CCCCN(CCCC[N+](C)(C)C)C(=O)CN1C[C@H](c2ccc3c(c2)OCO3)[C@@H](C(=O)O)[C@@H]1CCCc1ccccc1OC.